The molecule has 0 aliphatic rings. The molecule has 0 aliphatic heterocycles. The molecule has 0 atom stereocenters. The molecule has 4 heteroatoms. The minimum atomic E-state index is -0.397. The zero-order valence-corrected chi connectivity index (χ0v) is 24.1. The van der Waals surface area contributed by atoms with Crippen molar-refractivity contribution in [2.75, 3.05) is 12.3 Å². The largest absolute Gasteiger partial charge is 2.00 e. The van der Waals surface area contributed by atoms with Crippen molar-refractivity contribution >= 4 is 37.1 Å². The van der Waals surface area contributed by atoms with Gasteiger partial charge in [0.2, 0.25) is 0 Å². The summed E-state index contributed by atoms with van der Waals surface area (Å²) in [5.41, 5.74) is 0.217. The molecule has 0 unspecified atom stereocenters. The van der Waals surface area contributed by atoms with Gasteiger partial charge in [-0.1, -0.05) is 135 Å². The maximum Gasteiger partial charge on any atom is 2.00 e. The molecule has 4 rings (SSSR count). The normalized spacial score (nSPS) is 10.7. The number of hydrogen-bond acceptors (Lipinski definition) is 0. The summed E-state index contributed by atoms with van der Waals surface area (Å²) < 4.78 is 0. The maximum absolute atomic E-state index is 2.47. The first kappa shape index (κ1) is 30.7. The van der Waals surface area contributed by atoms with Gasteiger partial charge in [-0.3, -0.25) is 0 Å². The van der Waals surface area contributed by atoms with Gasteiger partial charge in [-0.25, -0.2) is 0 Å². The molecular formula is C30H33ClP2Pd. The van der Waals surface area contributed by atoms with Crippen LogP contribution < -0.4 is 33.6 Å². The third-order valence-corrected chi connectivity index (χ3v) is 11.5. The second kappa shape index (κ2) is 14.9. The van der Waals surface area contributed by atoms with Crippen molar-refractivity contribution in [3.05, 3.63) is 129 Å². The minimum absolute atomic E-state index is 0. The first-order chi connectivity index (χ1) is 15.1. The van der Waals surface area contributed by atoms with Crippen LogP contribution in [0, 0.1) is 12.8 Å². The second-order valence-corrected chi connectivity index (χ2v) is 13.1. The van der Waals surface area contributed by atoms with Crippen LogP contribution in [0.2, 0.25) is 0 Å². The fraction of sp³-hybridized carbons (Fsp3) is 0.167. The smallest absolute Gasteiger partial charge is 1.00 e. The summed E-state index contributed by atoms with van der Waals surface area (Å²) in [6.07, 6.45) is 2.38. The molecule has 0 aromatic heterocycles. The van der Waals surface area contributed by atoms with E-state index in [1.54, 1.807) is 0 Å². The van der Waals surface area contributed by atoms with Crippen LogP contribution >= 0.6 is 15.8 Å². The monoisotopic (exact) mass is 596 g/mol. The minimum Gasteiger partial charge on any atom is -1.00 e. The fourth-order valence-corrected chi connectivity index (χ4v) is 9.57. The number of benzene rings is 4. The molecule has 0 fully saturated rings. The van der Waals surface area contributed by atoms with Crippen LogP contribution in [0.5, 0.6) is 0 Å². The van der Waals surface area contributed by atoms with Crippen LogP contribution in [0.15, 0.2) is 121 Å². The van der Waals surface area contributed by atoms with Crippen molar-refractivity contribution in [3.8, 4) is 0 Å². The number of hydrogen-bond donors (Lipinski definition) is 0. The standard InChI is InChI=1S/C29H30P2.CH3.ClH.Pd/c1-29(2,23-30(25-15-7-3-8-16-25)26-17-9-4-10-18-26)24-31(27-19-11-5-12-20-27)28-21-13-6-14-22-28;;;/h3-22H,23-24H2,1-2H3;1H3;1H;/q;-1;;+2/p-1. The Labute approximate surface area is 229 Å². The van der Waals surface area contributed by atoms with Gasteiger partial charge < -0.3 is 19.8 Å². The summed E-state index contributed by atoms with van der Waals surface area (Å²) in [5.74, 6) is 0. The van der Waals surface area contributed by atoms with E-state index in [9.17, 15) is 0 Å². The van der Waals surface area contributed by atoms with E-state index in [2.05, 4.69) is 135 Å². The predicted molar refractivity (Wildman–Crippen MR) is 148 cm³/mol. The molecule has 0 bridgehead atoms. The van der Waals surface area contributed by atoms with Crippen LogP contribution in [-0.4, -0.2) is 12.3 Å². The third kappa shape index (κ3) is 8.42. The Bertz CT molecular complexity index is 892. The van der Waals surface area contributed by atoms with Gasteiger partial charge in [-0.15, -0.1) is 0 Å². The Morgan fingerprint density at radius 1 is 0.471 bits per heavy atom. The quantitative estimate of drug-likeness (QED) is 0.165. The summed E-state index contributed by atoms with van der Waals surface area (Å²) in [7, 11) is -0.794. The molecule has 0 amide bonds. The average Bonchev–Trinajstić information content (AvgIpc) is 2.83. The van der Waals surface area contributed by atoms with Gasteiger partial charge >= 0.3 is 20.4 Å². The Hall–Kier alpha value is -1.31. The molecular weight excluding hydrogens is 564 g/mol. The third-order valence-electron chi connectivity index (χ3n) is 5.44. The van der Waals surface area contributed by atoms with Gasteiger partial charge in [-0.05, 0) is 54.8 Å². The molecule has 0 saturated heterocycles. The van der Waals surface area contributed by atoms with Gasteiger partial charge in [0.05, 0.1) is 0 Å². The summed E-state index contributed by atoms with van der Waals surface area (Å²) in [6, 6.07) is 44.4. The Kier molecular flexibility index (Phi) is 13.5. The molecule has 0 aliphatic carbocycles. The molecule has 0 nitrogen and oxygen atoms in total. The van der Waals surface area contributed by atoms with Crippen molar-refractivity contribution < 1.29 is 32.8 Å². The van der Waals surface area contributed by atoms with E-state index in [4.69, 9.17) is 0 Å². The summed E-state index contributed by atoms with van der Waals surface area (Å²) in [5, 5.41) is 5.89. The van der Waals surface area contributed by atoms with E-state index in [0.717, 1.165) is 0 Å². The summed E-state index contributed by atoms with van der Waals surface area (Å²) in [4.78, 5) is 0. The topological polar surface area (TPSA) is 0 Å². The van der Waals surface area contributed by atoms with Crippen LogP contribution in [0.25, 0.3) is 0 Å². The first-order valence-corrected chi connectivity index (χ1v) is 13.9. The molecule has 4 aromatic rings. The first-order valence-electron chi connectivity index (χ1n) is 10.9. The van der Waals surface area contributed by atoms with Crippen molar-refractivity contribution in [1.82, 2.24) is 0 Å². The molecule has 34 heavy (non-hydrogen) atoms. The fourth-order valence-electron chi connectivity index (χ4n) is 4.00. The van der Waals surface area contributed by atoms with Gasteiger partial charge in [0.1, 0.15) is 0 Å². The molecule has 0 saturated carbocycles. The van der Waals surface area contributed by atoms with Gasteiger partial charge in [0.25, 0.3) is 0 Å². The van der Waals surface area contributed by atoms with Crippen LogP contribution in [0.3, 0.4) is 0 Å². The van der Waals surface area contributed by atoms with E-state index in [-0.39, 0.29) is 45.7 Å². The summed E-state index contributed by atoms with van der Waals surface area (Å²) >= 11 is 0. The van der Waals surface area contributed by atoms with Crippen molar-refractivity contribution in [1.29, 1.82) is 0 Å². The average molecular weight is 597 g/mol. The van der Waals surface area contributed by atoms with E-state index >= 15 is 0 Å². The Morgan fingerprint density at radius 3 is 0.882 bits per heavy atom. The maximum atomic E-state index is 2.47. The number of rotatable bonds is 8. The Balaban J connectivity index is 0.00000193. The molecule has 0 N–H and O–H groups in total. The van der Waals surface area contributed by atoms with E-state index in [1.165, 1.54) is 33.5 Å². The molecule has 4 aromatic carbocycles. The van der Waals surface area contributed by atoms with E-state index < -0.39 is 15.8 Å². The summed E-state index contributed by atoms with van der Waals surface area (Å²) in [6.45, 7) is 4.94. The van der Waals surface area contributed by atoms with Gasteiger partial charge in [0.15, 0.2) is 0 Å². The van der Waals surface area contributed by atoms with Gasteiger partial charge in [0, 0.05) is 0 Å². The van der Waals surface area contributed by atoms with Crippen molar-refractivity contribution in [3.63, 3.8) is 0 Å². The van der Waals surface area contributed by atoms with Gasteiger partial charge in [-0.2, -0.15) is 0 Å². The van der Waals surface area contributed by atoms with Crippen LogP contribution in [0.4, 0.5) is 0 Å². The van der Waals surface area contributed by atoms with E-state index in [1.807, 2.05) is 0 Å². The predicted octanol–water partition coefficient (Wildman–Crippen LogP) is 3.73. The molecule has 0 spiro atoms. The number of halogens is 1. The van der Waals surface area contributed by atoms with Crippen molar-refractivity contribution in [2.45, 2.75) is 13.8 Å². The van der Waals surface area contributed by atoms with E-state index in [0.29, 0.717) is 0 Å². The second-order valence-electron chi connectivity index (χ2n) is 8.68. The zero-order valence-electron chi connectivity index (χ0n) is 20.0. The van der Waals surface area contributed by atoms with Crippen LogP contribution in [0.1, 0.15) is 13.8 Å². The molecule has 180 valence electrons. The molecule has 0 heterocycles. The van der Waals surface area contributed by atoms with Crippen LogP contribution in [-0.2, 0) is 20.4 Å². The zero-order chi connectivity index (χ0) is 21.5. The van der Waals surface area contributed by atoms with Crippen molar-refractivity contribution in [2.24, 2.45) is 5.41 Å². The SMILES string of the molecule is CC(C)(CP(c1ccccc1)c1ccccc1)CP(c1ccccc1)c1ccccc1.[CH3-].[Cl-].[Pd+2]. The Morgan fingerprint density at radius 2 is 0.676 bits per heavy atom. The molecule has 0 radical (unpaired) electrons.